The first-order valence-electron chi connectivity index (χ1n) is 2.89. The summed E-state index contributed by atoms with van der Waals surface area (Å²) in [5.74, 6) is 0.305. The lowest BCUT2D eigenvalue weighted by Crippen LogP contribution is -2.44. The van der Waals surface area contributed by atoms with Crippen LogP contribution in [0.25, 0.3) is 0 Å². The number of alkyl halides is 2. The molecule has 0 aromatic carbocycles. The van der Waals surface area contributed by atoms with Crippen molar-refractivity contribution in [3.8, 4) is 0 Å². The van der Waals surface area contributed by atoms with Gasteiger partial charge in [-0.1, -0.05) is 0 Å². The smallest absolute Gasteiger partial charge is 0.323 e. The molecule has 1 N–H and O–H groups in total. The van der Waals surface area contributed by atoms with Gasteiger partial charge in [0.2, 0.25) is 0 Å². The third-order valence-corrected chi connectivity index (χ3v) is 1.32. The van der Waals surface area contributed by atoms with E-state index in [1.807, 2.05) is 0 Å². The van der Waals surface area contributed by atoms with Gasteiger partial charge in [0, 0.05) is 19.0 Å². The van der Waals surface area contributed by atoms with Gasteiger partial charge in [-0.2, -0.15) is 8.78 Å². The second kappa shape index (κ2) is 3.08. The zero-order valence-electron chi connectivity index (χ0n) is 4.94. The molecule has 0 aromatic rings. The van der Waals surface area contributed by atoms with Gasteiger partial charge >= 0.3 is 6.61 Å². The number of nitrogens with one attached hydrogen (secondary N) is 1. The molecule has 54 valence electrons. The zero-order chi connectivity index (χ0) is 6.69. The first-order chi connectivity index (χ1) is 4.29. The topological polar surface area (TPSA) is 21.3 Å². The first-order valence-corrected chi connectivity index (χ1v) is 2.89. The Balaban J connectivity index is 1.91. The maximum atomic E-state index is 11.3. The zero-order valence-corrected chi connectivity index (χ0v) is 4.94. The van der Waals surface area contributed by atoms with E-state index in [0.29, 0.717) is 5.92 Å². The van der Waals surface area contributed by atoms with Crippen molar-refractivity contribution in [1.82, 2.24) is 5.32 Å². The Bertz CT molecular complexity index is 85.0. The summed E-state index contributed by atoms with van der Waals surface area (Å²) in [6, 6.07) is 0. The van der Waals surface area contributed by atoms with Gasteiger partial charge in [-0.25, -0.2) is 0 Å². The number of halogens is 2. The fourth-order valence-corrected chi connectivity index (χ4v) is 0.675. The van der Waals surface area contributed by atoms with Crippen molar-refractivity contribution in [2.75, 3.05) is 19.7 Å². The van der Waals surface area contributed by atoms with E-state index in [2.05, 4.69) is 10.1 Å². The number of rotatable bonds is 3. The molecular formula is C5H9F2NO. The first kappa shape index (κ1) is 6.89. The van der Waals surface area contributed by atoms with Crippen molar-refractivity contribution in [2.24, 2.45) is 5.92 Å². The van der Waals surface area contributed by atoms with Crippen molar-refractivity contribution < 1.29 is 13.5 Å². The van der Waals surface area contributed by atoms with E-state index in [4.69, 9.17) is 0 Å². The lowest BCUT2D eigenvalue weighted by atomic mass is 10.1. The normalized spacial score (nSPS) is 20.3. The predicted octanol–water partition coefficient (Wildman–Crippen LogP) is 0.445. The highest BCUT2D eigenvalue weighted by atomic mass is 19.3. The predicted molar refractivity (Wildman–Crippen MR) is 28.3 cm³/mol. The molecule has 0 radical (unpaired) electrons. The van der Waals surface area contributed by atoms with Crippen LogP contribution in [0.2, 0.25) is 0 Å². The van der Waals surface area contributed by atoms with Crippen molar-refractivity contribution in [3.05, 3.63) is 0 Å². The standard InChI is InChI=1S/C5H9F2NO/c6-5(7)9-3-4-1-8-2-4/h4-5,8H,1-3H2. The van der Waals surface area contributed by atoms with E-state index in [0.717, 1.165) is 13.1 Å². The Morgan fingerprint density at radius 2 is 2.22 bits per heavy atom. The minimum absolute atomic E-state index is 0.185. The van der Waals surface area contributed by atoms with Crippen molar-refractivity contribution in [2.45, 2.75) is 6.61 Å². The van der Waals surface area contributed by atoms with Crippen LogP contribution in [0.1, 0.15) is 0 Å². The van der Waals surface area contributed by atoms with Crippen LogP contribution in [0.15, 0.2) is 0 Å². The van der Waals surface area contributed by atoms with E-state index in [1.54, 1.807) is 0 Å². The summed E-state index contributed by atoms with van der Waals surface area (Å²) in [6.07, 6.45) is 0. The number of ether oxygens (including phenoxy) is 1. The molecule has 0 aliphatic carbocycles. The molecule has 0 atom stereocenters. The SMILES string of the molecule is FC(F)OCC1CNC1. The highest BCUT2D eigenvalue weighted by Gasteiger charge is 2.18. The van der Waals surface area contributed by atoms with E-state index in [-0.39, 0.29) is 6.61 Å². The summed E-state index contributed by atoms with van der Waals surface area (Å²) in [4.78, 5) is 0. The third-order valence-electron chi connectivity index (χ3n) is 1.32. The molecule has 1 fully saturated rings. The van der Waals surface area contributed by atoms with Gasteiger partial charge in [0.15, 0.2) is 0 Å². The quantitative estimate of drug-likeness (QED) is 0.609. The maximum absolute atomic E-state index is 11.3. The monoisotopic (exact) mass is 137 g/mol. The summed E-state index contributed by atoms with van der Waals surface area (Å²) in [5, 5.41) is 2.96. The van der Waals surface area contributed by atoms with E-state index >= 15 is 0 Å². The van der Waals surface area contributed by atoms with E-state index in [9.17, 15) is 8.78 Å². The number of hydrogen-bond donors (Lipinski definition) is 1. The number of hydrogen-bond acceptors (Lipinski definition) is 2. The van der Waals surface area contributed by atoms with Crippen molar-refractivity contribution in [1.29, 1.82) is 0 Å². The average Bonchev–Trinajstić information content (AvgIpc) is 1.60. The lowest BCUT2D eigenvalue weighted by Gasteiger charge is -2.26. The molecule has 0 amide bonds. The van der Waals surface area contributed by atoms with Crippen LogP contribution in [0.4, 0.5) is 8.78 Å². The Hall–Kier alpha value is -0.220. The summed E-state index contributed by atoms with van der Waals surface area (Å²) in [5.41, 5.74) is 0. The molecule has 1 saturated heterocycles. The molecule has 4 heteroatoms. The second-order valence-electron chi connectivity index (χ2n) is 2.12. The van der Waals surface area contributed by atoms with Crippen LogP contribution in [0.5, 0.6) is 0 Å². The van der Waals surface area contributed by atoms with Crippen molar-refractivity contribution >= 4 is 0 Å². The minimum Gasteiger partial charge on any atom is -0.323 e. The molecule has 9 heavy (non-hydrogen) atoms. The van der Waals surface area contributed by atoms with Gasteiger partial charge in [-0.05, 0) is 0 Å². The van der Waals surface area contributed by atoms with E-state index in [1.165, 1.54) is 0 Å². The fourth-order valence-electron chi connectivity index (χ4n) is 0.675. The molecule has 2 nitrogen and oxygen atoms in total. The van der Waals surface area contributed by atoms with E-state index < -0.39 is 6.61 Å². The van der Waals surface area contributed by atoms with Gasteiger partial charge in [0.1, 0.15) is 0 Å². The van der Waals surface area contributed by atoms with Crippen LogP contribution >= 0.6 is 0 Å². The molecule has 1 aliphatic heterocycles. The largest absolute Gasteiger partial charge is 0.345 e. The average molecular weight is 137 g/mol. The maximum Gasteiger partial charge on any atom is 0.345 e. The minimum atomic E-state index is -2.61. The molecule has 0 saturated carbocycles. The van der Waals surface area contributed by atoms with Gasteiger partial charge in [-0.15, -0.1) is 0 Å². The molecule has 1 aliphatic rings. The molecule has 1 rings (SSSR count). The summed E-state index contributed by atoms with van der Waals surface area (Å²) < 4.78 is 26.7. The second-order valence-corrected chi connectivity index (χ2v) is 2.12. The Kier molecular flexibility index (Phi) is 2.36. The highest BCUT2D eigenvalue weighted by Crippen LogP contribution is 2.05. The molecule has 0 bridgehead atoms. The Morgan fingerprint density at radius 3 is 2.56 bits per heavy atom. The van der Waals surface area contributed by atoms with Gasteiger partial charge in [-0.3, -0.25) is 0 Å². The van der Waals surface area contributed by atoms with Crippen LogP contribution in [0.3, 0.4) is 0 Å². The lowest BCUT2D eigenvalue weighted by molar-refractivity contribution is -0.141. The van der Waals surface area contributed by atoms with Crippen LogP contribution in [-0.2, 0) is 4.74 Å². The summed E-state index contributed by atoms with van der Waals surface area (Å²) >= 11 is 0. The Morgan fingerprint density at radius 1 is 1.56 bits per heavy atom. The molecule has 0 unspecified atom stereocenters. The van der Waals surface area contributed by atoms with Gasteiger partial charge in [0.25, 0.3) is 0 Å². The molecular weight excluding hydrogens is 128 g/mol. The Labute approximate surface area is 52.2 Å². The van der Waals surface area contributed by atoms with Crippen LogP contribution in [-0.4, -0.2) is 26.3 Å². The molecule has 1 heterocycles. The third kappa shape index (κ3) is 2.24. The highest BCUT2D eigenvalue weighted by molar-refractivity contribution is 4.73. The van der Waals surface area contributed by atoms with Crippen molar-refractivity contribution in [3.63, 3.8) is 0 Å². The summed E-state index contributed by atoms with van der Waals surface area (Å²) in [7, 11) is 0. The van der Waals surface area contributed by atoms with Crippen LogP contribution in [0, 0.1) is 5.92 Å². The van der Waals surface area contributed by atoms with Crippen LogP contribution < -0.4 is 5.32 Å². The molecule has 0 spiro atoms. The summed E-state index contributed by atoms with van der Waals surface area (Å²) in [6.45, 7) is -0.796. The van der Waals surface area contributed by atoms with Gasteiger partial charge < -0.3 is 10.1 Å². The molecule has 0 aromatic heterocycles. The fraction of sp³-hybridized carbons (Fsp3) is 1.00. The van der Waals surface area contributed by atoms with Gasteiger partial charge in [0.05, 0.1) is 6.61 Å².